The summed E-state index contributed by atoms with van der Waals surface area (Å²) in [7, 11) is 0. The smallest absolute Gasteiger partial charge is 0.146 e. The predicted octanol–water partition coefficient (Wildman–Crippen LogP) is 15.0. The van der Waals surface area contributed by atoms with Gasteiger partial charge in [-0.25, -0.2) is 9.97 Å². The molecule has 0 radical (unpaired) electrons. The van der Waals surface area contributed by atoms with Crippen LogP contribution in [0.15, 0.2) is 212 Å². The lowest BCUT2D eigenvalue weighted by Gasteiger charge is -2.18. The molecular weight excluding hydrogens is 779 g/mol. The summed E-state index contributed by atoms with van der Waals surface area (Å²) < 4.78 is 4.46. The standard InChI is InChI=1S/C59H35N5/c60-36-37-25-31-44-50-35-40(30-32-49(50)59-62-52-22-9-11-24-54(52)64(59)55(44)33-37)38-26-28-39(29-27-38)56-45-17-4-6-19-47(45)57(48-20-7-5-18-46(48)56)41-13-12-14-42(34-41)58-61-51-21-8-10-23-53(51)63(58)43-15-2-1-3-16-43/h1-35H. The maximum Gasteiger partial charge on any atom is 0.146 e. The van der Waals surface area contributed by atoms with Crippen molar-refractivity contribution in [3.63, 3.8) is 0 Å². The quantitative estimate of drug-likeness (QED) is 0.128. The molecule has 13 aromatic rings. The van der Waals surface area contributed by atoms with E-state index < -0.39 is 0 Å². The van der Waals surface area contributed by atoms with Gasteiger partial charge in [-0.2, -0.15) is 5.26 Å². The molecule has 64 heavy (non-hydrogen) atoms. The van der Waals surface area contributed by atoms with E-state index >= 15 is 0 Å². The highest BCUT2D eigenvalue weighted by molar-refractivity contribution is 6.21. The van der Waals surface area contributed by atoms with Crippen molar-refractivity contribution >= 4 is 70.9 Å². The van der Waals surface area contributed by atoms with Gasteiger partial charge in [0.05, 0.1) is 39.2 Å². The number of benzene rings is 10. The molecule has 0 bridgehead atoms. The number of nitrogens with zero attached hydrogens (tertiary/aromatic N) is 5. The minimum atomic E-state index is 0.625. The molecule has 3 aromatic heterocycles. The molecule has 0 atom stereocenters. The van der Waals surface area contributed by atoms with E-state index in [9.17, 15) is 5.26 Å². The Labute approximate surface area is 368 Å². The molecule has 0 fully saturated rings. The molecule has 0 amide bonds. The molecule has 5 nitrogen and oxygen atoms in total. The van der Waals surface area contributed by atoms with E-state index in [1.54, 1.807) is 0 Å². The van der Waals surface area contributed by atoms with Crippen LogP contribution in [0.4, 0.5) is 0 Å². The van der Waals surface area contributed by atoms with E-state index in [-0.39, 0.29) is 0 Å². The Morgan fingerprint density at radius 2 is 0.938 bits per heavy atom. The van der Waals surface area contributed by atoms with Gasteiger partial charge in [-0.15, -0.1) is 0 Å². The van der Waals surface area contributed by atoms with Crippen LogP contribution in [-0.4, -0.2) is 18.9 Å². The Kier molecular flexibility index (Phi) is 7.90. The Morgan fingerprint density at radius 1 is 0.359 bits per heavy atom. The largest absolute Gasteiger partial charge is 0.292 e. The van der Waals surface area contributed by atoms with Crippen LogP contribution in [0.1, 0.15) is 5.56 Å². The zero-order chi connectivity index (χ0) is 42.3. The molecule has 0 unspecified atom stereocenters. The Morgan fingerprint density at radius 3 is 1.66 bits per heavy atom. The molecule has 13 rings (SSSR count). The second-order valence-corrected chi connectivity index (χ2v) is 16.5. The first-order valence-electron chi connectivity index (χ1n) is 21.5. The minimum Gasteiger partial charge on any atom is -0.292 e. The predicted molar refractivity (Wildman–Crippen MR) is 264 cm³/mol. The summed E-state index contributed by atoms with van der Waals surface area (Å²) in [5.41, 5.74) is 15.6. The monoisotopic (exact) mass is 813 g/mol. The maximum absolute atomic E-state index is 9.86. The first-order valence-corrected chi connectivity index (χ1v) is 21.5. The molecule has 0 saturated carbocycles. The summed E-state index contributed by atoms with van der Waals surface area (Å²) in [6.45, 7) is 0. The summed E-state index contributed by atoms with van der Waals surface area (Å²) in [6, 6.07) is 77.6. The van der Waals surface area contributed by atoms with Gasteiger partial charge >= 0.3 is 0 Å². The van der Waals surface area contributed by atoms with Crippen LogP contribution in [0, 0.1) is 11.3 Å². The highest BCUT2D eigenvalue weighted by Gasteiger charge is 2.20. The van der Waals surface area contributed by atoms with Gasteiger partial charge in [-0.05, 0) is 127 Å². The number of hydrogen-bond acceptors (Lipinski definition) is 3. The van der Waals surface area contributed by atoms with Crippen LogP contribution in [0.5, 0.6) is 0 Å². The number of para-hydroxylation sites is 5. The lowest BCUT2D eigenvalue weighted by atomic mass is 9.85. The van der Waals surface area contributed by atoms with Crippen LogP contribution in [0.25, 0.3) is 121 Å². The van der Waals surface area contributed by atoms with Crippen LogP contribution >= 0.6 is 0 Å². The van der Waals surface area contributed by atoms with Crippen molar-refractivity contribution in [2.75, 3.05) is 0 Å². The molecule has 0 aliphatic rings. The number of hydrogen-bond donors (Lipinski definition) is 0. The van der Waals surface area contributed by atoms with Gasteiger partial charge in [0.2, 0.25) is 0 Å². The molecule has 0 saturated heterocycles. The number of pyridine rings is 1. The van der Waals surface area contributed by atoms with Gasteiger partial charge in [0, 0.05) is 22.0 Å². The first-order chi connectivity index (χ1) is 31.7. The van der Waals surface area contributed by atoms with Crippen molar-refractivity contribution < 1.29 is 0 Å². The fourth-order valence-electron chi connectivity index (χ4n) is 10.1. The van der Waals surface area contributed by atoms with E-state index in [2.05, 4.69) is 197 Å². The molecular formula is C59H35N5. The molecule has 0 N–H and O–H groups in total. The third kappa shape index (κ3) is 5.43. The fourth-order valence-corrected chi connectivity index (χ4v) is 10.1. The summed E-state index contributed by atoms with van der Waals surface area (Å²) in [5.74, 6) is 0.913. The van der Waals surface area contributed by atoms with Crippen molar-refractivity contribution in [1.29, 1.82) is 5.26 Å². The summed E-state index contributed by atoms with van der Waals surface area (Å²) >= 11 is 0. The van der Waals surface area contributed by atoms with E-state index in [1.165, 1.54) is 32.7 Å². The van der Waals surface area contributed by atoms with Gasteiger partial charge in [-0.3, -0.25) is 8.97 Å². The topological polar surface area (TPSA) is 58.9 Å². The SMILES string of the molecule is N#Cc1ccc2c3cc(-c4ccc(-c5c6ccccc6c(-c6cccc(-c7nc8ccccc8n7-c7ccccc7)c6)c6ccccc56)cc4)ccc3c3nc4ccccc4n3c2c1. The van der Waals surface area contributed by atoms with E-state index in [4.69, 9.17) is 9.97 Å². The second kappa shape index (κ2) is 14.1. The van der Waals surface area contributed by atoms with Crippen molar-refractivity contribution in [3.8, 4) is 56.5 Å². The molecule has 296 valence electrons. The van der Waals surface area contributed by atoms with E-state index in [1.807, 2.05) is 30.3 Å². The second-order valence-electron chi connectivity index (χ2n) is 16.5. The fraction of sp³-hybridized carbons (Fsp3) is 0. The van der Waals surface area contributed by atoms with Crippen LogP contribution in [-0.2, 0) is 0 Å². The van der Waals surface area contributed by atoms with Crippen molar-refractivity contribution in [3.05, 3.63) is 218 Å². The molecule has 5 heteroatoms. The van der Waals surface area contributed by atoms with Gasteiger partial charge in [0.25, 0.3) is 0 Å². The highest BCUT2D eigenvalue weighted by atomic mass is 15.1. The lowest BCUT2D eigenvalue weighted by molar-refractivity contribution is 1.10. The van der Waals surface area contributed by atoms with Crippen molar-refractivity contribution in [1.82, 2.24) is 18.9 Å². The van der Waals surface area contributed by atoms with Gasteiger partial charge in [0.1, 0.15) is 11.5 Å². The van der Waals surface area contributed by atoms with Crippen LogP contribution in [0.3, 0.4) is 0 Å². The third-order valence-corrected chi connectivity index (χ3v) is 12.9. The minimum absolute atomic E-state index is 0.625. The first kappa shape index (κ1) is 35.9. The number of imidazole rings is 2. The van der Waals surface area contributed by atoms with Crippen molar-refractivity contribution in [2.24, 2.45) is 0 Å². The summed E-state index contributed by atoms with van der Waals surface area (Å²) in [6.07, 6.45) is 0. The maximum atomic E-state index is 9.86. The molecule has 10 aromatic carbocycles. The lowest BCUT2D eigenvalue weighted by Crippen LogP contribution is -1.97. The molecule has 0 aliphatic carbocycles. The Balaban J connectivity index is 0.949. The third-order valence-electron chi connectivity index (χ3n) is 12.9. The van der Waals surface area contributed by atoms with Gasteiger partial charge < -0.3 is 0 Å². The Hall–Kier alpha value is -8.85. The zero-order valence-electron chi connectivity index (χ0n) is 34.4. The molecule has 0 aliphatic heterocycles. The number of nitriles is 1. The van der Waals surface area contributed by atoms with Gasteiger partial charge in [0.15, 0.2) is 0 Å². The normalized spacial score (nSPS) is 11.7. The molecule has 3 heterocycles. The van der Waals surface area contributed by atoms with Gasteiger partial charge in [-0.1, -0.05) is 146 Å². The zero-order valence-corrected chi connectivity index (χ0v) is 34.4. The Bertz CT molecular complexity index is 4020. The van der Waals surface area contributed by atoms with Crippen LogP contribution in [0.2, 0.25) is 0 Å². The number of aromatic nitrogens is 4. The van der Waals surface area contributed by atoms with Crippen LogP contribution < -0.4 is 0 Å². The number of fused-ring (bicyclic) bond motifs is 11. The van der Waals surface area contributed by atoms with E-state index in [0.29, 0.717) is 5.56 Å². The summed E-state index contributed by atoms with van der Waals surface area (Å²) in [5, 5.41) is 17.9. The van der Waals surface area contributed by atoms with Crippen molar-refractivity contribution in [2.45, 2.75) is 0 Å². The summed E-state index contributed by atoms with van der Waals surface area (Å²) in [4.78, 5) is 10.3. The average Bonchev–Trinajstić information content (AvgIpc) is 3.96. The highest BCUT2D eigenvalue weighted by Crippen LogP contribution is 2.45. The number of rotatable bonds is 5. The molecule has 0 spiro atoms. The van der Waals surface area contributed by atoms with E-state index in [0.717, 1.165) is 88.7 Å². The average molecular weight is 814 g/mol.